The van der Waals surface area contributed by atoms with Gasteiger partial charge in [0.05, 0.1) is 17.4 Å². The molecule has 0 radical (unpaired) electrons. The van der Waals surface area contributed by atoms with Crippen LogP contribution in [0.2, 0.25) is 0 Å². The van der Waals surface area contributed by atoms with Crippen LogP contribution in [0.4, 0.5) is 13.2 Å². The van der Waals surface area contributed by atoms with Crippen LogP contribution in [0.5, 0.6) is 0 Å². The van der Waals surface area contributed by atoms with Crippen molar-refractivity contribution >= 4 is 11.8 Å². The number of pyridine rings is 1. The van der Waals surface area contributed by atoms with Crippen LogP contribution in [0.1, 0.15) is 31.2 Å². The fourth-order valence-electron chi connectivity index (χ4n) is 1.20. The highest BCUT2D eigenvalue weighted by Crippen LogP contribution is 2.34. The van der Waals surface area contributed by atoms with Crippen molar-refractivity contribution in [2.75, 3.05) is 5.75 Å². The predicted molar refractivity (Wildman–Crippen MR) is 56.3 cm³/mol. The molecular formula is C10H12F3NOS. The zero-order valence-corrected chi connectivity index (χ0v) is 9.69. The highest BCUT2D eigenvalue weighted by Gasteiger charge is 2.32. The lowest BCUT2D eigenvalue weighted by atomic mass is 10.2. The minimum atomic E-state index is -4.40. The normalized spacial score (nSPS) is 13.9. The first-order chi connectivity index (χ1) is 7.36. The van der Waals surface area contributed by atoms with Gasteiger partial charge in [0.15, 0.2) is 0 Å². The van der Waals surface area contributed by atoms with E-state index in [2.05, 4.69) is 4.98 Å². The van der Waals surface area contributed by atoms with E-state index in [-0.39, 0.29) is 0 Å². The van der Waals surface area contributed by atoms with E-state index in [1.54, 1.807) is 0 Å². The van der Waals surface area contributed by atoms with Crippen LogP contribution in [0.3, 0.4) is 0 Å². The van der Waals surface area contributed by atoms with Crippen molar-refractivity contribution in [2.45, 2.75) is 31.0 Å². The first-order valence-electron chi connectivity index (χ1n) is 4.74. The van der Waals surface area contributed by atoms with Gasteiger partial charge in [0.2, 0.25) is 0 Å². The van der Waals surface area contributed by atoms with Crippen molar-refractivity contribution in [1.82, 2.24) is 4.98 Å². The number of thioether (sulfide) groups is 1. The zero-order valence-electron chi connectivity index (χ0n) is 8.88. The van der Waals surface area contributed by atoms with E-state index < -0.39 is 17.8 Å². The summed E-state index contributed by atoms with van der Waals surface area (Å²) in [5.41, 5.74) is -0.493. The summed E-state index contributed by atoms with van der Waals surface area (Å²) in [7, 11) is 0. The van der Waals surface area contributed by atoms with Crippen molar-refractivity contribution in [1.29, 1.82) is 0 Å². The lowest BCUT2D eigenvalue weighted by Gasteiger charge is -2.13. The molecule has 0 aliphatic heterocycles. The molecule has 6 heteroatoms. The van der Waals surface area contributed by atoms with Crippen LogP contribution in [-0.4, -0.2) is 15.8 Å². The summed E-state index contributed by atoms with van der Waals surface area (Å²) in [6.45, 7) is 3.31. The van der Waals surface area contributed by atoms with E-state index in [9.17, 15) is 18.3 Å². The van der Waals surface area contributed by atoms with Gasteiger partial charge in [-0.1, -0.05) is 6.92 Å². The Kier molecular flexibility index (Phi) is 4.21. The third-order valence-electron chi connectivity index (χ3n) is 1.90. The van der Waals surface area contributed by atoms with Crippen molar-refractivity contribution in [2.24, 2.45) is 0 Å². The van der Waals surface area contributed by atoms with E-state index in [0.29, 0.717) is 16.3 Å². The molecule has 0 amide bonds. The number of hydrogen-bond acceptors (Lipinski definition) is 3. The van der Waals surface area contributed by atoms with Crippen molar-refractivity contribution < 1.29 is 18.3 Å². The van der Waals surface area contributed by atoms with Crippen molar-refractivity contribution in [3.8, 4) is 0 Å². The van der Waals surface area contributed by atoms with E-state index >= 15 is 0 Å². The molecule has 0 aliphatic rings. The summed E-state index contributed by atoms with van der Waals surface area (Å²) in [5, 5.41) is 9.37. The highest BCUT2D eigenvalue weighted by atomic mass is 32.2. The minimum Gasteiger partial charge on any atom is -0.387 e. The number of hydrogen-bond donors (Lipinski definition) is 1. The number of aliphatic hydroxyl groups excluding tert-OH is 1. The summed E-state index contributed by atoms with van der Waals surface area (Å²) < 4.78 is 37.3. The highest BCUT2D eigenvalue weighted by molar-refractivity contribution is 7.99. The second-order valence-corrected chi connectivity index (χ2v) is 4.52. The lowest BCUT2D eigenvalue weighted by Crippen LogP contribution is -2.08. The molecule has 0 saturated heterocycles. The molecule has 1 aromatic heterocycles. The monoisotopic (exact) mass is 251 g/mol. The Morgan fingerprint density at radius 3 is 2.56 bits per heavy atom. The molecule has 1 atom stereocenters. The molecule has 0 saturated carbocycles. The van der Waals surface area contributed by atoms with Gasteiger partial charge in [-0.25, -0.2) is 0 Å². The van der Waals surface area contributed by atoms with Gasteiger partial charge >= 0.3 is 6.18 Å². The maximum Gasteiger partial charge on any atom is 0.417 e. The molecule has 0 spiro atoms. The Morgan fingerprint density at radius 1 is 1.50 bits per heavy atom. The van der Waals surface area contributed by atoms with Crippen molar-refractivity contribution in [3.63, 3.8) is 0 Å². The standard InChI is InChI=1S/C10H12F3NOS/c1-3-16-8-4-7(10(11,12)13)5-14-9(8)6(2)15/h4-6,15H,3H2,1-2H3. The average Bonchev–Trinajstić information content (AvgIpc) is 2.16. The second kappa shape index (κ2) is 5.05. The number of rotatable bonds is 3. The molecule has 1 rings (SSSR count). The number of alkyl halides is 3. The molecule has 1 heterocycles. The molecule has 0 fully saturated rings. The van der Waals surface area contributed by atoms with Crippen LogP contribution in [0.25, 0.3) is 0 Å². The topological polar surface area (TPSA) is 33.1 Å². The molecule has 1 unspecified atom stereocenters. The average molecular weight is 251 g/mol. The van der Waals surface area contributed by atoms with Gasteiger partial charge in [-0.05, 0) is 18.7 Å². The van der Waals surface area contributed by atoms with Crippen LogP contribution in [0, 0.1) is 0 Å². The van der Waals surface area contributed by atoms with E-state index in [1.807, 2.05) is 6.92 Å². The smallest absolute Gasteiger partial charge is 0.387 e. The van der Waals surface area contributed by atoms with E-state index in [1.165, 1.54) is 18.7 Å². The Morgan fingerprint density at radius 2 is 2.12 bits per heavy atom. The molecule has 0 bridgehead atoms. The molecule has 1 N–H and O–H groups in total. The second-order valence-electron chi connectivity index (χ2n) is 3.21. The Hall–Kier alpha value is -0.750. The van der Waals surface area contributed by atoms with Crippen LogP contribution < -0.4 is 0 Å². The first kappa shape index (κ1) is 13.3. The van der Waals surface area contributed by atoms with Crippen LogP contribution in [0.15, 0.2) is 17.2 Å². The zero-order chi connectivity index (χ0) is 12.3. The van der Waals surface area contributed by atoms with Gasteiger partial charge in [-0.15, -0.1) is 11.8 Å². The molecular weight excluding hydrogens is 239 g/mol. The molecule has 2 nitrogen and oxygen atoms in total. The third kappa shape index (κ3) is 3.12. The molecule has 16 heavy (non-hydrogen) atoms. The number of halogens is 3. The molecule has 0 aliphatic carbocycles. The van der Waals surface area contributed by atoms with Gasteiger partial charge < -0.3 is 5.11 Å². The quantitative estimate of drug-likeness (QED) is 0.837. The number of nitrogens with zero attached hydrogens (tertiary/aromatic N) is 1. The third-order valence-corrected chi connectivity index (χ3v) is 2.83. The SMILES string of the molecule is CCSc1cc(C(F)(F)F)cnc1C(C)O. The number of aromatic nitrogens is 1. The van der Waals surface area contributed by atoms with Gasteiger partial charge in [0.25, 0.3) is 0 Å². The van der Waals surface area contributed by atoms with Gasteiger partial charge in [0.1, 0.15) is 0 Å². The Balaban J connectivity index is 3.17. The van der Waals surface area contributed by atoms with Gasteiger partial charge in [0, 0.05) is 11.1 Å². The molecule has 0 aromatic carbocycles. The summed E-state index contributed by atoms with van der Waals surface area (Å²) in [6, 6.07) is 1.03. The fraction of sp³-hybridized carbons (Fsp3) is 0.500. The first-order valence-corrected chi connectivity index (χ1v) is 5.72. The number of aliphatic hydroxyl groups is 1. The summed E-state index contributed by atoms with van der Waals surface area (Å²) in [6.07, 6.45) is -4.51. The van der Waals surface area contributed by atoms with Gasteiger partial charge in [-0.3, -0.25) is 4.98 Å². The Bertz CT molecular complexity index is 366. The summed E-state index contributed by atoms with van der Waals surface area (Å²) in [4.78, 5) is 4.05. The molecule has 1 aromatic rings. The van der Waals surface area contributed by atoms with Crippen LogP contribution >= 0.6 is 11.8 Å². The fourth-order valence-corrected chi connectivity index (χ4v) is 2.09. The van der Waals surface area contributed by atoms with E-state index in [4.69, 9.17) is 0 Å². The molecule has 90 valence electrons. The summed E-state index contributed by atoms with van der Waals surface area (Å²) >= 11 is 1.24. The minimum absolute atomic E-state index is 0.292. The van der Waals surface area contributed by atoms with Crippen LogP contribution in [-0.2, 0) is 6.18 Å². The van der Waals surface area contributed by atoms with E-state index in [0.717, 1.165) is 12.3 Å². The van der Waals surface area contributed by atoms with Crippen molar-refractivity contribution in [3.05, 3.63) is 23.5 Å². The largest absolute Gasteiger partial charge is 0.417 e. The predicted octanol–water partition coefficient (Wildman–Crippen LogP) is 3.27. The summed E-state index contributed by atoms with van der Waals surface area (Å²) in [5.74, 6) is 0.628. The maximum atomic E-state index is 12.4. The lowest BCUT2D eigenvalue weighted by molar-refractivity contribution is -0.138. The van der Waals surface area contributed by atoms with Gasteiger partial charge in [-0.2, -0.15) is 13.2 Å². The Labute approximate surface area is 95.9 Å². The maximum absolute atomic E-state index is 12.4.